The number of fused-ring (bicyclic) bond motifs is 3. The standard InChI is InChI=1S/C19H13FN4.C13H8ClN3.C11H15BClNO2.C8H5BrN2.C6H5BrFN/c1-12-15(20)5-7-17(24-12)19-14(3-2-8-23-19)13-4-6-16-18(11-13)22-10-9-21-16;14-13-10(2-1-5-17-13)9-3-4-11-12(8-9)16-7-6-15-11;1-10(2)11(3,4)16-12(15-10)8-6-5-7-14-9(8)13;9-6-1-2-7-8(5-6)11-4-3-10-7;1-4-5(8)2-3-6(7)9-4/h2-11H,1H3;1-8H;5-7H,1-4H3;1-5H;2-3H,1H3. The van der Waals surface area contributed by atoms with Gasteiger partial charge in [0.25, 0.3) is 0 Å². The molecule has 1 aliphatic rings. The van der Waals surface area contributed by atoms with E-state index in [1.54, 1.807) is 81.8 Å². The Bertz CT molecular complexity index is 3840. The first kappa shape index (κ1) is 56.0. The summed E-state index contributed by atoms with van der Waals surface area (Å²) in [5, 5.41) is 0.928. The van der Waals surface area contributed by atoms with Crippen LogP contribution in [0.4, 0.5) is 8.78 Å². The molecule has 0 bridgehead atoms. The zero-order valence-corrected chi connectivity index (χ0v) is 46.9. The lowest BCUT2D eigenvalue weighted by atomic mass is 9.80. The van der Waals surface area contributed by atoms with Crippen LogP contribution in [-0.2, 0) is 9.31 Å². The second kappa shape index (κ2) is 25.3. The molecule has 1 saturated heterocycles. The highest BCUT2D eigenvalue weighted by Gasteiger charge is 2.52. The minimum Gasteiger partial charge on any atom is -0.399 e. The molecule has 0 atom stereocenters. The Kier molecular flexibility index (Phi) is 18.4. The van der Waals surface area contributed by atoms with Crippen LogP contribution in [0.5, 0.6) is 0 Å². The summed E-state index contributed by atoms with van der Waals surface area (Å²) in [5.74, 6) is -0.588. The van der Waals surface area contributed by atoms with Crippen LogP contribution in [0.3, 0.4) is 0 Å². The third kappa shape index (κ3) is 14.3. The maximum atomic E-state index is 13.5. The van der Waals surface area contributed by atoms with Gasteiger partial charge in [0.1, 0.15) is 26.5 Å². The van der Waals surface area contributed by atoms with Gasteiger partial charge in [0.15, 0.2) is 0 Å². The number of hydrogen-bond acceptors (Lipinski definition) is 13. The van der Waals surface area contributed by atoms with Crippen molar-refractivity contribution in [2.45, 2.75) is 52.7 Å². The molecule has 11 aromatic rings. The summed E-state index contributed by atoms with van der Waals surface area (Å²) in [4.78, 5) is 46.1. The molecule has 8 aromatic heterocycles. The molecule has 0 N–H and O–H groups in total. The number of halogens is 6. The molecule has 1 aliphatic heterocycles. The fraction of sp³-hybridized carbons (Fsp3) is 0.140. The van der Waals surface area contributed by atoms with E-state index in [-0.39, 0.29) is 22.8 Å². The van der Waals surface area contributed by atoms with E-state index < -0.39 is 7.12 Å². The molecule has 0 unspecified atom stereocenters. The van der Waals surface area contributed by atoms with Gasteiger partial charge >= 0.3 is 7.12 Å². The first-order valence-corrected chi connectivity index (χ1v) is 26.0. The van der Waals surface area contributed by atoms with Crippen molar-refractivity contribution in [3.05, 3.63) is 213 Å². The van der Waals surface area contributed by atoms with Crippen molar-refractivity contribution in [2.75, 3.05) is 0 Å². The Hall–Kier alpha value is -7.19. The van der Waals surface area contributed by atoms with Crippen molar-refractivity contribution >= 4 is 101 Å². The van der Waals surface area contributed by atoms with Crippen molar-refractivity contribution in [3.8, 4) is 33.6 Å². The zero-order valence-electron chi connectivity index (χ0n) is 42.2. The average molecular weight is 1200 g/mol. The summed E-state index contributed by atoms with van der Waals surface area (Å²) in [6.07, 6.45) is 15.1. The van der Waals surface area contributed by atoms with Gasteiger partial charge < -0.3 is 9.31 Å². The Balaban J connectivity index is 0.000000132. The van der Waals surface area contributed by atoms with E-state index in [1.165, 1.54) is 12.1 Å². The van der Waals surface area contributed by atoms with Crippen molar-refractivity contribution in [2.24, 2.45) is 0 Å². The smallest absolute Gasteiger partial charge is 0.399 e. The number of hydrogen-bond donors (Lipinski definition) is 0. The number of pyridine rings is 5. The van der Waals surface area contributed by atoms with Crippen LogP contribution < -0.4 is 5.46 Å². The van der Waals surface area contributed by atoms with Crippen LogP contribution >= 0.6 is 55.1 Å². The van der Waals surface area contributed by atoms with Crippen LogP contribution in [0.25, 0.3) is 66.7 Å². The molecule has 1 fully saturated rings. The molecule has 12 rings (SSSR count). The molecule has 13 nitrogen and oxygen atoms in total. The molecule has 3 aromatic carbocycles. The molecule has 386 valence electrons. The van der Waals surface area contributed by atoms with Gasteiger partial charge in [0.2, 0.25) is 0 Å². The molecule has 0 amide bonds. The molecular weight excluding hydrogens is 1150 g/mol. The molecule has 77 heavy (non-hydrogen) atoms. The van der Waals surface area contributed by atoms with Gasteiger partial charge in [-0.25, -0.2) is 28.7 Å². The van der Waals surface area contributed by atoms with Gasteiger partial charge in [-0.15, -0.1) is 0 Å². The summed E-state index contributed by atoms with van der Waals surface area (Å²) in [6.45, 7) is 11.3. The third-order valence-corrected chi connectivity index (χ3v) is 13.7. The highest BCUT2D eigenvalue weighted by atomic mass is 79.9. The number of aryl methyl sites for hydroxylation is 2. The maximum absolute atomic E-state index is 13.5. The second-order valence-electron chi connectivity index (χ2n) is 17.9. The summed E-state index contributed by atoms with van der Waals surface area (Å²) >= 11 is 18.6. The lowest BCUT2D eigenvalue weighted by Gasteiger charge is -2.32. The van der Waals surface area contributed by atoms with Crippen LogP contribution in [0, 0.1) is 25.5 Å². The summed E-state index contributed by atoms with van der Waals surface area (Å²) in [6, 6.07) is 34.9. The van der Waals surface area contributed by atoms with E-state index in [9.17, 15) is 8.78 Å². The summed E-state index contributed by atoms with van der Waals surface area (Å²) in [7, 11) is -0.439. The Morgan fingerprint density at radius 2 is 0.909 bits per heavy atom. The van der Waals surface area contributed by atoms with Gasteiger partial charge in [-0.2, -0.15) is 0 Å². The van der Waals surface area contributed by atoms with Gasteiger partial charge in [-0.3, -0.25) is 34.9 Å². The lowest BCUT2D eigenvalue weighted by molar-refractivity contribution is 0.00578. The highest BCUT2D eigenvalue weighted by molar-refractivity contribution is 9.10. The molecule has 0 saturated carbocycles. The van der Waals surface area contributed by atoms with E-state index in [0.29, 0.717) is 37.7 Å². The Morgan fingerprint density at radius 3 is 1.43 bits per heavy atom. The first-order chi connectivity index (χ1) is 37.0. The quantitative estimate of drug-likeness (QED) is 0.121. The van der Waals surface area contributed by atoms with Crippen molar-refractivity contribution < 1.29 is 18.1 Å². The maximum Gasteiger partial charge on any atom is 0.498 e. The molecule has 0 aliphatic carbocycles. The number of benzene rings is 3. The lowest BCUT2D eigenvalue weighted by Crippen LogP contribution is -2.41. The Morgan fingerprint density at radius 1 is 0.455 bits per heavy atom. The monoisotopic (exact) mass is 1190 g/mol. The van der Waals surface area contributed by atoms with Crippen molar-refractivity contribution in [1.29, 1.82) is 0 Å². The molecular formula is C57H46BBr2Cl2F2N11O2. The predicted octanol–water partition coefficient (Wildman–Crippen LogP) is 14.3. The van der Waals surface area contributed by atoms with E-state index in [0.717, 1.165) is 65.3 Å². The first-order valence-electron chi connectivity index (χ1n) is 23.7. The number of aromatic nitrogens is 11. The number of nitrogens with zero attached hydrogens (tertiary/aromatic N) is 11. The van der Waals surface area contributed by atoms with Crippen LogP contribution in [0.15, 0.2) is 180 Å². The van der Waals surface area contributed by atoms with Crippen LogP contribution in [0.2, 0.25) is 10.3 Å². The average Bonchev–Trinajstić information content (AvgIpc) is 3.71. The SMILES string of the molecule is Brc1ccc2nccnc2c1.CC1(C)OB(c2cccnc2Cl)OC1(C)C.Cc1nc(-c2ncccc2-c2ccc3nccnc3c2)ccc1F.Cc1nc(Br)ccc1F.Clc1ncccc1-c1ccc2nccnc2c1. The third-order valence-electron chi connectivity index (χ3n) is 12.1. The van der Waals surface area contributed by atoms with E-state index in [4.69, 9.17) is 32.5 Å². The van der Waals surface area contributed by atoms with Crippen molar-refractivity contribution in [3.63, 3.8) is 0 Å². The fourth-order valence-corrected chi connectivity index (χ4v) is 8.56. The number of rotatable bonds is 4. The minimum absolute atomic E-state index is 0.266. The van der Waals surface area contributed by atoms with E-state index in [2.05, 4.69) is 86.7 Å². The highest BCUT2D eigenvalue weighted by Crippen LogP contribution is 2.37. The largest absolute Gasteiger partial charge is 0.498 e. The minimum atomic E-state index is -0.439. The topological polar surface area (TPSA) is 160 Å². The molecule has 0 spiro atoms. The van der Waals surface area contributed by atoms with Crippen LogP contribution in [-0.4, -0.2) is 73.1 Å². The van der Waals surface area contributed by atoms with Gasteiger partial charge in [-0.1, -0.05) is 63.4 Å². The van der Waals surface area contributed by atoms with Crippen molar-refractivity contribution in [1.82, 2.24) is 54.8 Å². The molecule has 20 heteroatoms. The van der Waals surface area contributed by atoms with Gasteiger partial charge in [0.05, 0.1) is 67.1 Å². The zero-order chi connectivity index (χ0) is 54.7. The van der Waals surface area contributed by atoms with Crippen LogP contribution in [0.1, 0.15) is 39.1 Å². The predicted molar refractivity (Wildman–Crippen MR) is 307 cm³/mol. The van der Waals surface area contributed by atoms with E-state index in [1.807, 2.05) is 119 Å². The summed E-state index contributed by atoms with van der Waals surface area (Å²) < 4.78 is 39.4. The van der Waals surface area contributed by atoms with Gasteiger partial charge in [0, 0.05) is 76.8 Å². The van der Waals surface area contributed by atoms with E-state index >= 15 is 0 Å². The second-order valence-corrected chi connectivity index (χ2v) is 20.3. The fourth-order valence-electron chi connectivity index (χ4n) is 7.38. The Labute approximate surface area is 470 Å². The normalized spacial score (nSPS) is 13.0. The van der Waals surface area contributed by atoms with Gasteiger partial charge in [-0.05, 0) is 160 Å². The molecule has 0 radical (unpaired) electrons. The molecule has 9 heterocycles. The summed E-state index contributed by atoms with van der Waals surface area (Å²) in [5.41, 5.74) is 11.2.